The first-order valence-electron chi connectivity index (χ1n) is 4.42. The summed E-state index contributed by atoms with van der Waals surface area (Å²) >= 11 is 0. The highest BCUT2D eigenvalue weighted by Gasteiger charge is 2.64. The van der Waals surface area contributed by atoms with Gasteiger partial charge in [0.2, 0.25) is 0 Å². The van der Waals surface area contributed by atoms with Crippen molar-refractivity contribution in [3.63, 3.8) is 0 Å². The molecule has 15 heavy (non-hydrogen) atoms. The van der Waals surface area contributed by atoms with Crippen molar-refractivity contribution in [2.75, 3.05) is 0 Å². The lowest BCUT2D eigenvalue weighted by Gasteiger charge is -2.28. The van der Waals surface area contributed by atoms with Crippen LogP contribution in [0.4, 0.5) is 0 Å². The van der Waals surface area contributed by atoms with Gasteiger partial charge in [-0.25, -0.2) is 0 Å². The summed E-state index contributed by atoms with van der Waals surface area (Å²) in [4.78, 5) is 21.6. The lowest BCUT2D eigenvalue weighted by molar-refractivity contribution is -0.158. The first kappa shape index (κ1) is 10.3. The molecule has 0 radical (unpaired) electrons. The molecule has 6 unspecified atom stereocenters. The van der Waals surface area contributed by atoms with Gasteiger partial charge in [0.1, 0.15) is 36.3 Å². The van der Waals surface area contributed by atoms with Crippen LogP contribution in [0.15, 0.2) is 0 Å². The zero-order valence-electron chi connectivity index (χ0n) is 7.48. The molecule has 7 nitrogen and oxygen atoms in total. The molecule has 0 spiro atoms. The fourth-order valence-corrected chi connectivity index (χ4v) is 2.32. The number of rotatable bonds is 2. The van der Waals surface area contributed by atoms with Gasteiger partial charge in [0, 0.05) is 0 Å². The summed E-state index contributed by atoms with van der Waals surface area (Å²) < 4.78 is 4.98. The molecule has 6 atom stereocenters. The molecule has 2 bridgehead atoms. The van der Waals surface area contributed by atoms with Crippen LogP contribution in [0.5, 0.6) is 0 Å². The second-order valence-corrected chi connectivity index (χ2v) is 3.77. The molecule has 4 N–H and O–H groups in total. The van der Waals surface area contributed by atoms with Gasteiger partial charge in [0.25, 0.3) is 0 Å². The quantitative estimate of drug-likeness (QED) is 0.418. The smallest absolute Gasteiger partial charge is 0.310 e. The Morgan fingerprint density at radius 1 is 0.867 bits per heavy atom. The monoisotopic (exact) mass is 218 g/mol. The molecule has 2 fully saturated rings. The van der Waals surface area contributed by atoms with E-state index in [0.29, 0.717) is 0 Å². The largest absolute Gasteiger partial charge is 0.481 e. The van der Waals surface area contributed by atoms with Gasteiger partial charge in [-0.05, 0) is 0 Å². The molecule has 0 amide bonds. The highest BCUT2D eigenvalue weighted by molar-refractivity contribution is 5.82. The van der Waals surface area contributed by atoms with Crippen LogP contribution in [-0.4, -0.2) is 56.8 Å². The summed E-state index contributed by atoms with van der Waals surface area (Å²) in [7, 11) is 0. The van der Waals surface area contributed by atoms with Crippen LogP contribution in [0.3, 0.4) is 0 Å². The molecule has 2 aliphatic rings. The Morgan fingerprint density at radius 2 is 1.20 bits per heavy atom. The van der Waals surface area contributed by atoms with Gasteiger partial charge >= 0.3 is 11.9 Å². The van der Waals surface area contributed by atoms with E-state index in [1.807, 2.05) is 0 Å². The first-order valence-corrected chi connectivity index (χ1v) is 4.42. The number of carboxylic acid groups (broad SMARTS) is 2. The third kappa shape index (κ3) is 1.24. The van der Waals surface area contributed by atoms with Crippen molar-refractivity contribution in [3.05, 3.63) is 0 Å². The van der Waals surface area contributed by atoms with Crippen molar-refractivity contribution >= 4 is 11.9 Å². The highest BCUT2D eigenvalue weighted by atomic mass is 16.6. The van der Waals surface area contributed by atoms with Crippen molar-refractivity contribution in [3.8, 4) is 0 Å². The third-order valence-corrected chi connectivity index (χ3v) is 3.00. The standard InChI is InChI=1S/C8H10O7/c9-3-4(10)6-2(8(13)14)1(7(11)12)5(3)15-6/h1-6,9-10H,(H,11,12)(H,13,14). The van der Waals surface area contributed by atoms with E-state index in [2.05, 4.69) is 0 Å². The molecule has 2 heterocycles. The number of fused-ring (bicyclic) bond motifs is 2. The van der Waals surface area contributed by atoms with Gasteiger partial charge in [-0.1, -0.05) is 0 Å². The van der Waals surface area contributed by atoms with E-state index in [-0.39, 0.29) is 0 Å². The topological polar surface area (TPSA) is 124 Å². The average Bonchev–Trinajstić information content (AvgIpc) is 2.64. The third-order valence-electron chi connectivity index (χ3n) is 3.00. The maximum Gasteiger partial charge on any atom is 0.310 e. The molecule has 0 aromatic carbocycles. The predicted molar refractivity (Wildman–Crippen MR) is 42.9 cm³/mol. The summed E-state index contributed by atoms with van der Waals surface area (Å²) in [6.07, 6.45) is -4.93. The molecule has 7 heteroatoms. The van der Waals surface area contributed by atoms with Gasteiger partial charge in [0.05, 0.1) is 0 Å². The molecular formula is C8H10O7. The van der Waals surface area contributed by atoms with Crippen molar-refractivity contribution < 1.29 is 34.8 Å². The Kier molecular flexibility index (Phi) is 2.18. The maximum atomic E-state index is 10.8. The van der Waals surface area contributed by atoms with Crippen LogP contribution in [0.25, 0.3) is 0 Å². The molecule has 0 saturated carbocycles. The average molecular weight is 218 g/mol. The number of carbonyl (C=O) groups is 2. The van der Waals surface area contributed by atoms with Gasteiger partial charge in [-0.2, -0.15) is 0 Å². The minimum Gasteiger partial charge on any atom is -0.481 e. The van der Waals surface area contributed by atoms with Crippen LogP contribution in [0, 0.1) is 11.8 Å². The van der Waals surface area contributed by atoms with E-state index in [4.69, 9.17) is 14.9 Å². The van der Waals surface area contributed by atoms with Crippen LogP contribution in [-0.2, 0) is 14.3 Å². The van der Waals surface area contributed by atoms with E-state index in [9.17, 15) is 19.8 Å². The fraction of sp³-hybridized carbons (Fsp3) is 0.750. The van der Waals surface area contributed by atoms with Gasteiger partial charge in [-0.3, -0.25) is 9.59 Å². The Hall–Kier alpha value is -1.18. The van der Waals surface area contributed by atoms with Gasteiger partial charge in [0.15, 0.2) is 0 Å². The van der Waals surface area contributed by atoms with E-state index in [1.54, 1.807) is 0 Å². The van der Waals surface area contributed by atoms with Crippen LogP contribution < -0.4 is 0 Å². The van der Waals surface area contributed by atoms with E-state index in [0.717, 1.165) is 0 Å². The summed E-state index contributed by atoms with van der Waals surface area (Å²) in [6.45, 7) is 0. The fourth-order valence-electron chi connectivity index (χ4n) is 2.32. The summed E-state index contributed by atoms with van der Waals surface area (Å²) in [5.41, 5.74) is 0. The number of aliphatic hydroxyl groups is 2. The number of carboxylic acids is 2. The SMILES string of the molecule is O=C(O)C1C2OC(C(O)C2O)C1C(=O)O. The van der Waals surface area contributed by atoms with Crippen LogP contribution in [0.2, 0.25) is 0 Å². The van der Waals surface area contributed by atoms with Gasteiger partial charge in [-0.15, -0.1) is 0 Å². The Labute approximate surface area is 83.9 Å². The Bertz CT molecular complexity index is 284. The van der Waals surface area contributed by atoms with E-state index in [1.165, 1.54) is 0 Å². The lowest BCUT2D eigenvalue weighted by atomic mass is 9.76. The predicted octanol–water partition coefficient (Wildman–Crippen LogP) is -2.11. The zero-order chi connectivity index (χ0) is 11.3. The molecule has 2 rings (SSSR count). The van der Waals surface area contributed by atoms with Crippen molar-refractivity contribution in [2.45, 2.75) is 24.4 Å². The Balaban J connectivity index is 2.32. The minimum absolute atomic E-state index is 1.14. The summed E-state index contributed by atoms with van der Waals surface area (Å²) in [6, 6.07) is 0. The molecule has 84 valence electrons. The van der Waals surface area contributed by atoms with E-state index < -0.39 is 48.2 Å². The molecule has 0 aromatic heterocycles. The minimum atomic E-state index is -1.33. The number of aliphatic hydroxyl groups excluding tert-OH is 2. The first-order chi connectivity index (χ1) is 6.95. The van der Waals surface area contributed by atoms with Crippen LogP contribution >= 0.6 is 0 Å². The molecule has 0 aromatic rings. The summed E-state index contributed by atoms with van der Waals surface area (Å²) in [5.74, 6) is -5.27. The second kappa shape index (κ2) is 3.16. The normalized spacial score (nSPS) is 48.1. The number of hydrogen-bond donors (Lipinski definition) is 4. The molecular weight excluding hydrogens is 208 g/mol. The summed E-state index contributed by atoms with van der Waals surface area (Å²) in [5, 5.41) is 36.4. The number of hydrogen-bond acceptors (Lipinski definition) is 5. The second-order valence-electron chi connectivity index (χ2n) is 3.77. The van der Waals surface area contributed by atoms with E-state index >= 15 is 0 Å². The van der Waals surface area contributed by atoms with Crippen molar-refractivity contribution in [2.24, 2.45) is 11.8 Å². The molecule has 0 aliphatic carbocycles. The lowest BCUT2D eigenvalue weighted by Crippen LogP contribution is -2.51. The maximum absolute atomic E-state index is 10.8. The van der Waals surface area contributed by atoms with Crippen LogP contribution in [0.1, 0.15) is 0 Å². The molecule has 2 saturated heterocycles. The number of aliphatic carboxylic acids is 2. The zero-order valence-corrected chi connectivity index (χ0v) is 7.48. The van der Waals surface area contributed by atoms with Crippen molar-refractivity contribution in [1.82, 2.24) is 0 Å². The van der Waals surface area contributed by atoms with Crippen molar-refractivity contribution in [1.29, 1.82) is 0 Å². The number of ether oxygens (including phenoxy) is 1. The Morgan fingerprint density at radius 3 is 1.47 bits per heavy atom. The highest BCUT2D eigenvalue weighted by Crippen LogP contribution is 2.43. The molecule has 2 aliphatic heterocycles. The van der Waals surface area contributed by atoms with Gasteiger partial charge < -0.3 is 25.2 Å².